The minimum Gasteiger partial charge on any atom is -0.491 e. The Hall–Kier alpha value is -1.22. The van der Waals surface area contributed by atoms with E-state index >= 15 is 0 Å². The lowest BCUT2D eigenvalue weighted by Crippen LogP contribution is -2.46. The van der Waals surface area contributed by atoms with Gasteiger partial charge in [-0.05, 0) is 63.9 Å². The summed E-state index contributed by atoms with van der Waals surface area (Å²) in [5.74, 6) is 0.960. The molecule has 0 aliphatic carbocycles. The summed E-state index contributed by atoms with van der Waals surface area (Å²) in [7, 11) is 0. The monoisotopic (exact) mass is 276 g/mol. The fraction of sp³-hybridized carbons (Fsp3) is 0.647. The fourth-order valence-electron chi connectivity index (χ4n) is 2.73. The summed E-state index contributed by atoms with van der Waals surface area (Å²) < 4.78 is 5.70. The van der Waals surface area contributed by atoms with Crippen molar-refractivity contribution >= 4 is 5.69 Å². The molecule has 1 N–H and O–H groups in total. The molecule has 1 aromatic carbocycles. The summed E-state index contributed by atoms with van der Waals surface area (Å²) in [6.07, 6.45) is 4.01. The third-order valence-electron chi connectivity index (χ3n) is 3.68. The molecule has 1 aliphatic rings. The van der Waals surface area contributed by atoms with Gasteiger partial charge in [0.15, 0.2) is 0 Å². The Morgan fingerprint density at radius 3 is 2.70 bits per heavy atom. The van der Waals surface area contributed by atoms with Crippen LogP contribution < -0.4 is 15.0 Å². The molecule has 1 saturated heterocycles. The zero-order chi connectivity index (χ0) is 14.4. The highest BCUT2D eigenvalue weighted by molar-refractivity contribution is 5.49. The second-order valence-electron chi connectivity index (χ2n) is 5.90. The van der Waals surface area contributed by atoms with Crippen molar-refractivity contribution in [2.45, 2.75) is 52.2 Å². The molecule has 1 aliphatic heterocycles. The van der Waals surface area contributed by atoms with Crippen LogP contribution in [-0.2, 0) is 0 Å². The van der Waals surface area contributed by atoms with Gasteiger partial charge in [0.25, 0.3) is 0 Å². The Bertz CT molecular complexity index is 388. The lowest BCUT2D eigenvalue weighted by atomic mass is 10.0. The first kappa shape index (κ1) is 15.2. The Morgan fingerprint density at radius 1 is 1.30 bits per heavy atom. The standard InChI is InChI=1S/C17H28N2O/c1-4-11-18-15-6-5-12-19(13-15)16-7-9-17(10-8-16)20-14(2)3/h7-10,14-15,18H,4-6,11-13H2,1-3H3. The summed E-state index contributed by atoms with van der Waals surface area (Å²) >= 11 is 0. The van der Waals surface area contributed by atoms with E-state index in [1.807, 2.05) is 0 Å². The zero-order valence-electron chi connectivity index (χ0n) is 13.1. The first-order valence-corrected chi connectivity index (χ1v) is 7.94. The van der Waals surface area contributed by atoms with E-state index in [-0.39, 0.29) is 6.10 Å². The van der Waals surface area contributed by atoms with Crippen LogP contribution in [0.15, 0.2) is 24.3 Å². The molecule has 1 heterocycles. The van der Waals surface area contributed by atoms with Gasteiger partial charge < -0.3 is 15.0 Å². The van der Waals surface area contributed by atoms with Crippen LogP contribution in [0.1, 0.15) is 40.0 Å². The largest absolute Gasteiger partial charge is 0.491 e. The number of hydrogen-bond acceptors (Lipinski definition) is 3. The summed E-state index contributed by atoms with van der Waals surface area (Å²) in [6.45, 7) is 9.74. The second kappa shape index (κ2) is 7.53. The lowest BCUT2D eigenvalue weighted by Gasteiger charge is -2.35. The van der Waals surface area contributed by atoms with Crippen LogP contribution in [0.3, 0.4) is 0 Å². The van der Waals surface area contributed by atoms with E-state index in [9.17, 15) is 0 Å². The Morgan fingerprint density at radius 2 is 2.05 bits per heavy atom. The first-order chi connectivity index (χ1) is 9.69. The van der Waals surface area contributed by atoms with Crippen LogP contribution in [0.5, 0.6) is 5.75 Å². The minimum absolute atomic E-state index is 0.235. The maximum Gasteiger partial charge on any atom is 0.119 e. The molecular formula is C17H28N2O. The fourth-order valence-corrected chi connectivity index (χ4v) is 2.73. The average molecular weight is 276 g/mol. The van der Waals surface area contributed by atoms with Crippen molar-refractivity contribution in [1.82, 2.24) is 5.32 Å². The number of rotatable bonds is 6. The van der Waals surface area contributed by atoms with E-state index in [2.05, 4.69) is 55.3 Å². The van der Waals surface area contributed by atoms with Crippen LogP contribution in [-0.4, -0.2) is 31.8 Å². The molecule has 1 unspecified atom stereocenters. The van der Waals surface area contributed by atoms with Gasteiger partial charge in [0.05, 0.1) is 6.10 Å². The van der Waals surface area contributed by atoms with E-state index in [4.69, 9.17) is 4.74 Å². The molecule has 1 fully saturated rings. The van der Waals surface area contributed by atoms with Crippen LogP contribution in [0.25, 0.3) is 0 Å². The highest BCUT2D eigenvalue weighted by Crippen LogP contribution is 2.23. The van der Waals surface area contributed by atoms with Gasteiger partial charge in [-0.3, -0.25) is 0 Å². The zero-order valence-corrected chi connectivity index (χ0v) is 13.1. The topological polar surface area (TPSA) is 24.5 Å². The molecule has 0 amide bonds. The smallest absolute Gasteiger partial charge is 0.119 e. The normalized spacial score (nSPS) is 19.4. The van der Waals surface area contributed by atoms with E-state index < -0.39 is 0 Å². The molecule has 0 aromatic heterocycles. The number of nitrogens with one attached hydrogen (secondary N) is 1. The third kappa shape index (κ3) is 4.41. The molecule has 1 aromatic rings. The van der Waals surface area contributed by atoms with Gasteiger partial charge in [-0.1, -0.05) is 6.92 Å². The van der Waals surface area contributed by atoms with Crippen molar-refractivity contribution in [2.24, 2.45) is 0 Å². The van der Waals surface area contributed by atoms with E-state index in [1.165, 1.54) is 24.9 Å². The molecule has 3 heteroatoms. The number of ether oxygens (including phenoxy) is 1. The molecule has 0 bridgehead atoms. The number of benzene rings is 1. The number of nitrogens with zero attached hydrogens (tertiary/aromatic N) is 1. The quantitative estimate of drug-likeness (QED) is 0.861. The predicted molar refractivity (Wildman–Crippen MR) is 85.7 cm³/mol. The van der Waals surface area contributed by atoms with E-state index in [1.54, 1.807) is 0 Å². The van der Waals surface area contributed by atoms with Gasteiger partial charge in [-0.25, -0.2) is 0 Å². The molecule has 2 rings (SSSR count). The van der Waals surface area contributed by atoms with Crippen molar-refractivity contribution in [3.8, 4) is 5.75 Å². The Balaban J connectivity index is 1.93. The van der Waals surface area contributed by atoms with E-state index in [0.717, 1.165) is 25.4 Å². The van der Waals surface area contributed by atoms with Crippen molar-refractivity contribution in [2.75, 3.05) is 24.5 Å². The van der Waals surface area contributed by atoms with Gasteiger partial charge in [0.1, 0.15) is 5.75 Å². The molecule has 1 atom stereocenters. The summed E-state index contributed by atoms with van der Waals surface area (Å²) in [5.41, 5.74) is 1.31. The molecular weight excluding hydrogens is 248 g/mol. The first-order valence-electron chi connectivity index (χ1n) is 7.94. The van der Waals surface area contributed by atoms with Crippen LogP contribution in [0, 0.1) is 0 Å². The molecule has 112 valence electrons. The lowest BCUT2D eigenvalue weighted by molar-refractivity contribution is 0.242. The maximum atomic E-state index is 5.70. The van der Waals surface area contributed by atoms with Gasteiger partial charge in [-0.2, -0.15) is 0 Å². The minimum atomic E-state index is 0.235. The number of piperidine rings is 1. The van der Waals surface area contributed by atoms with Gasteiger partial charge in [0.2, 0.25) is 0 Å². The molecule has 20 heavy (non-hydrogen) atoms. The third-order valence-corrected chi connectivity index (χ3v) is 3.68. The van der Waals surface area contributed by atoms with Gasteiger partial charge >= 0.3 is 0 Å². The number of hydrogen-bond donors (Lipinski definition) is 1. The maximum absolute atomic E-state index is 5.70. The van der Waals surface area contributed by atoms with Gasteiger partial charge in [-0.15, -0.1) is 0 Å². The summed E-state index contributed by atoms with van der Waals surface area (Å²) in [6, 6.07) is 9.16. The van der Waals surface area contributed by atoms with Crippen molar-refractivity contribution in [3.05, 3.63) is 24.3 Å². The Labute approximate surface area is 123 Å². The highest BCUT2D eigenvalue weighted by atomic mass is 16.5. The summed E-state index contributed by atoms with van der Waals surface area (Å²) in [5, 5.41) is 3.64. The van der Waals surface area contributed by atoms with Crippen LogP contribution in [0.4, 0.5) is 5.69 Å². The summed E-state index contributed by atoms with van der Waals surface area (Å²) in [4.78, 5) is 2.48. The van der Waals surface area contributed by atoms with Crippen molar-refractivity contribution < 1.29 is 4.74 Å². The van der Waals surface area contributed by atoms with Crippen molar-refractivity contribution in [3.63, 3.8) is 0 Å². The molecule has 0 radical (unpaired) electrons. The SMILES string of the molecule is CCCNC1CCCN(c2ccc(OC(C)C)cc2)C1. The molecule has 3 nitrogen and oxygen atoms in total. The number of anilines is 1. The average Bonchev–Trinajstić information content (AvgIpc) is 2.45. The molecule has 0 saturated carbocycles. The predicted octanol–water partition coefficient (Wildman–Crippen LogP) is 3.44. The van der Waals surface area contributed by atoms with Gasteiger partial charge in [0, 0.05) is 24.8 Å². The van der Waals surface area contributed by atoms with Crippen molar-refractivity contribution in [1.29, 1.82) is 0 Å². The molecule has 0 spiro atoms. The second-order valence-corrected chi connectivity index (χ2v) is 5.90. The Kier molecular flexibility index (Phi) is 5.72. The van der Waals surface area contributed by atoms with E-state index in [0.29, 0.717) is 6.04 Å². The van der Waals surface area contributed by atoms with Crippen LogP contribution in [0.2, 0.25) is 0 Å². The highest BCUT2D eigenvalue weighted by Gasteiger charge is 2.19. The van der Waals surface area contributed by atoms with Crippen LogP contribution >= 0.6 is 0 Å².